The zero-order valence-corrected chi connectivity index (χ0v) is 15.6. The highest BCUT2D eigenvalue weighted by molar-refractivity contribution is 7.80. The largest absolute Gasteiger partial charge is 0.497 e. The summed E-state index contributed by atoms with van der Waals surface area (Å²) in [5.74, 6) is 0.801. The normalized spacial score (nSPS) is 10.5. The molecule has 0 atom stereocenters. The molecule has 0 aromatic heterocycles. The summed E-state index contributed by atoms with van der Waals surface area (Å²) in [5.41, 5.74) is 5.91. The number of methoxy groups -OCH3 is 1. The summed E-state index contributed by atoms with van der Waals surface area (Å²) in [5, 5.41) is 7.66. The van der Waals surface area contributed by atoms with E-state index in [1.54, 1.807) is 13.3 Å². The van der Waals surface area contributed by atoms with Gasteiger partial charge < -0.3 is 15.0 Å². The zero-order valence-electron chi connectivity index (χ0n) is 14.8. The molecule has 0 fully saturated rings. The molecule has 2 aromatic rings. The van der Waals surface area contributed by atoms with Gasteiger partial charge >= 0.3 is 0 Å². The van der Waals surface area contributed by atoms with E-state index in [9.17, 15) is 0 Å². The van der Waals surface area contributed by atoms with Gasteiger partial charge in [0.05, 0.1) is 13.3 Å². The smallest absolute Gasteiger partial charge is 0.191 e. The van der Waals surface area contributed by atoms with Crippen molar-refractivity contribution in [1.29, 1.82) is 0 Å². The highest BCUT2D eigenvalue weighted by Crippen LogP contribution is 2.15. The molecule has 0 saturated heterocycles. The van der Waals surface area contributed by atoms with Crippen molar-refractivity contribution in [3.05, 3.63) is 54.1 Å². The lowest BCUT2D eigenvalue weighted by Gasteiger charge is -2.20. The number of anilines is 2. The van der Waals surface area contributed by atoms with E-state index >= 15 is 0 Å². The molecular weight excluding hydrogens is 332 g/mol. The van der Waals surface area contributed by atoms with E-state index in [-0.39, 0.29) is 0 Å². The van der Waals surface area contributed by atoms with E-state index in [1.165, 1.54) is 5.69 Å². The molecule has 0 aliphatic rings. The average molecular weight is 356 g/mol. The monoisotopic (exact) mass is 356 g/mol. The maximum atomic E-state index is 5.23. The summed E-state index contributed by atoms with van der Waals surface area (Å²) in [7, 11) is 1.64. The first kappa shape index (κ1) is 18.7. The predicted molar refractivity (Wildman–Crippen MR) is 110 cm³/mol. The standard InChI is InChI=1S/C19H24N4OS/c1-4-23(5-2)17-10-6-15(7-11-17)14-20-22-19(25)21-16-8-12-18(24-3)13-9-16/h6-14H,4-5H2,1-3H3,(H2,21,22,25)/b20-14-. The van der Waals surface area contributed by atoms with Gasteiger partial charge in [-0.2, -0.15) is 5.10 Å². The molecule has 2 aromatic carbocycles. The van der Waals surface area contributed by atoms with Gasteiger partial charge in [0.2, 0.25) is 0 Å². The van der Waals surface area contributed by atoms with Crippen molar-refractivity contribution in [2.24, 2.45) is 5.10 Å². The third kappa shape index (κ3) is 5.76. The number of hydrogen-bond acceptors (Lipinski definition) is 4. The van der Waals surface area contributed by atoms with Crippen molar-refractivity contribution >= 4 is 34.9 Å². The SMILES string of the molecule is CCN(CC)c1ccc(/C=N\NC(=S)Nc2ccc(OC)cc2)cc1. The second kappa shape index (κ2) is 9.64. The van der Waals surface area contributed by atoms with Crippen molar-refractivity contribution in [3.63, 3.8) is 0 Å². The molecule has 0 heterocycles. The lowest BCUT2D eigenvalue weighted by atomic mass is 10.2. The molecule has 0 unspecified atom stereocenters. The Kier molecular flexibility index (Phi) is 7.22. The Balaban J connectivity index is 1.86. The fraction of sp³-hybridized carbons (Fsp3) is 0.263. The summed E-state index contributed by atoms with van der Waals surface area (Å²) in [4.78, 5) is 2.30. The molecule has 0 spiro atoms. The second-order valence-corrected chi connectivity index (χ2v) is 5.72. The van der Waals surface area contributed by atoms with Gasteiger partial charge in [0.15, 0.2) is 5.11 Å². The third-order valence-corrected chi connectivity index (χ3v) is 3.94. The van der Waals surface area contributed by atoms with Crippen LogP contribution < -0.4 is 20.4 Å². The number of hydrogen-bond donors (Lipinski definition) is 2. The summed E-state index contributed by atoms with van der Waals surface area (Å²) in [6, 6.07) is 15.8. The molecule has 2 rings (SSSR count). The van der Waals surface area contributed by atoms with Crippen LogP contribution >= 0.6 is 12.2 Å². The Morgan fingerprint density at radius 1 is 1.08 bits per heavy atom. The number of rotatable bonds is 7. The molecule has 0 aliphatic carbocycles. The number of ether oxygens (including phenoxy) is 1. The van der Waals surface area contributed by atoms with Gasteiger partial charge in [0.1, 0.15) is 5.75 Å². The molecule has 0 saturated carbocycles. The summed E-state index contributed by atoms with van der Waals surface area (Å²) < 4.78 is 5.12. The first-order valence-electron chi connectivity index (χ1n) is 8.25. The van der Waals surface area contributed by atoms with Crippen LogP contribution in [0.15, 0.2) is 53.6 Å². The van der Waals surface area contributed by atoms with Crippen molar-refractivity contribution in [2.75, 3.05) is 30.4 Å². The summed E-state index contributed by atoms with van der Waals surface area (Å²) >= 11 is 5.23. The lowest BCUT2D eigenvalue weighted by Crippen LogP contribution is -2.23. The first-order chi connectivity index (χ1) is 12.2. The van der Waals surface area contributed by atoms with Crippen LogP contribution in [0.2, 0.25) is 0 Å². The molecule has 5 nitrogen and oxygen atoms in total. The van der Waals surface area contributed by atoms with Gasteiger partial charge in [-0.05, 0) is 68.0 Å². The van der Waals surface area contributed by atoms with Gasteiger partial charge in [-0.1, -0.05) is 12.1 Å². The minimum absolute atomic E-state index is 0.432. The summed E-state index contributed by atoms with van der Waals surface area (Å²) in [6.07, 6.45) is 1.74. The van der Waals surface area contributed by atoms with E-state index in [4.69, 9.17) is 17.0 Å². The minimum atomic E-state index is 0.432. The highest BCUT2D eigenvalue weighted by atomic mass is 32.1. The number of hydrazone groups is 1. The molecule has 6 heteroatoms. The van der Waals surface area contributed by atoms with Crippen LogP contribution in [-0.2, 0) is 0 Å². The Morgan fingerprint density at radius 2 is 1.72 bits per heavy atom. The van der Waals surface area contributed by atoms with Crippen LogP contribution in [0.4, 0.5) is 11.4 Å². The summed E-state index contributed by atoms with van der Waals surface area (Å²) in [6.45, 7) is 6.30. The van der Waals surface area contributed by atoms with E-state index < -0.39 is 0 Å². The van der Waals surface area contributed by atoms with Crippen molar-refractivity contribution < 1.29 is 4.74 Å². The molecule has 0 radical (unpaired) electrons. The van der Waals surface area contributed by atoms with Gasteiger partial charge in [0, 0.05) is 24.5 Å². The molecule has 25 heavy (non-hydrogen) atoms. The van der Waals surface area contributed by atoms with Gasteiger partial charge in [-0.25, -0.2) is 0 Å². The number of nitrogens with zero attached hydrogens (tertiary/aromatic N) is 2. The quantitative estimate of drug-likeness (QED) is 0.448. The van der Waals surface area contributed by atoms with Crippen LogP contribution in [0.1, 0.15) is 19.4 Å². The van der Waals surface area contributed by atoms with Crippen molar-refractivity contribution in [3.8, 4) is 5.75 Å². The first-order valence-corrected chi connectivity index (χ1v) is 8.66. The number of thiocarbonyl (C=S) groups is 1. The molecule has 0 amide bonds. The molecule has 132 valence electrons. The molecule has 2 N–H and O–H groups in total. The van der Waals surface area contributed by atoms with Gasteiger partial charge in [-0.3, -0.25) is 5.43 Å². The maximum Gasteiger partial charge on any atom is 0.191 e. The van der Waals surface area contributed by atoms with E-state index in [2.05, 4.69) is 46.7 Å². The van der Waals surface area contributed by atoms with Gasteiger partial charge in [0.25, 0.3) is 0 Å². The molecular formula is C19H24N4OS. The van der Waals surface area contributed by atoms with Crippen LogP contribution in [0.3, 0.4) is 0 Å². The Hall–Kier alpha value is -2.60. The minimum Gasteiger partial charge on any atom is -0.497 e. The van der Waals surface area contributed by atoms with Crippen LogP contribution in [0, 0.1) is 0 Å². The van der Waals surface area contributed by atoms with E-state index in [0.29, 0.717) is 5.11 Å². The fourth-order valence-electron chi connectivity index (χ4n) is 2.36. The number of nitrogens with one attached hydrogen (secondary N) is 2. The fourth-order valence-corrected chi connectivity index (χ4v) is 2.53. The van der Waals surface area contributed by atoms with Crippen LogP contribution in [0.5, 0.6) is 5.75 Å². The Bertz CT molecular complexity index is 694. The van der Waals surface area contributed by atoms with E-state index in [1.807, 2.05) is 36.4 Å². The maximum absolute atomic E-state index is 5.23. The zero-order chi connectivity index (χ0) is 18.1. The topological polar surface area (TPSA) is 48.9 Å². The Labute approximate surface area is 154 Å². The van der Waals surface area contributed by atoms with Crippen molar-refractivity contribution in [2.45, 2.75) is 13.8 Å². The highest BCUT2D eigenvalue weighted by Gasteiger charge is 2.00. The van der Waals surface area contributed by atoms with Gasteiger partial charge in [-0.15, -0.1) is 0 Å². The second-order valence-electron chi connectivity index (χ2n) is 5.32. The lowest BCUT2D eigenvalue weighted by molar-refractivity contribution is 0.415. The molecule has 0 bridgehead atoms. The number of benzene rings is 2. The molecule has 0 aliphatic heterocycles. The third-order valence-electron chi connectivity index (χ3n) is 3.75. The van der Waals surface area contributed by atoms with Crippen LogP contribution in [-0.4, -0.2) is 31.5 Å². The van der Waals surface area contributed by atoms with E-state index in [0.717, 1.165) is 30.1 Å². The Morgan fingerprint density at radius 3 is 2.28 bits per heavy atom. The van der Waals surface area contributed by atoms with Crippen molar-refractivity contribution in [1.82, 2.24) is 5.43 Å². The van der Waals surface area contributed by atoms with Crippen LogP contribution in [0.25, 0.3) is 0 Å². The predicted octanol–water partition coefficient (Wildman–Crippen LogP) is 3.86. The average Bonchev–Trinajstić information content (AvgIpc) is 2.64.